The molecule has 3 aromatic rings. The van der Waals surface area contributed by atoms with Crippen LogP contribution in [0, 0.1) is 0 Å². The number of rotatable bonds is 7. The van der Waals surface area contributed by atoms with E-state index in [0.717, 1.165) is 40.0 Å². The topological polar surface area (TPSA) is 132 Å². The first-order valence-electron chi connectivity index (χ1n) is 12.0. The predicted octanol–water partition coefficient (Wildman–Crippen LogP) is 2.91. The molecule has 0 unspecified atom stereocenters. The van der Waals surface area contributed by atoms with Gasteiger partial charge in [-0.2, -0.15) is 0 Å². The van der Waals surface area contributed by atoms with E-state index in [9.17, 15) is 22.8 Å². The van der Waals surface area contributed by atoms with Gasteiger partial charge in [0, 0.05) is 13.6 Å². The van der Waals surface area contributed by atoms with Crippen molar-refractivity contribution in [3.63, 3.8) is 0 Å². The summed E-state index contributed by atoms with van der Waals surface area (Å²) < 4.78 is 28.5. The number of nitrogens with zero attached hydrogens (tertiary/aromatic N) is 2. The van der Waals surface area contributed by atoms with Crippen LogP contribution < -0.4 is 16.6 Å². The number of hydrogen-bond donors (Lipinski definition) is 2. The number of carbonyl (C=O) groups is 2. The summed E-state index contributed by atoms with van der Waals surface area (Å²) in [6, 6.07) is 13.7. The van der Waals surface area contributed by atoms with Crippen molar-refractivity contribution in [3.8, 4) is 0 Å². The van der Waals surface area contributed by atoms with Gasteiger partial charge < -0.3 is 15.6 Å². The Labute approximate surface area is 210 Å². The molecule has 2 aromatic carbocycles. The Hall–Kier alpha value is -3.66. The van der Waals surface area contributed by atoms with Crippen molar-refractivity contribution in [2.75, 3.05) is 6.54 Å². The molecule has 0 spiro atoms. The lowest BCUT2D eigenvalue weighted by Gasteiger charge is -2.32. The fourth-order valence-electron chi connectivity index (χ4n) is 4.75. The van der Waals surface area contributed by atoms with Crippen LogP contribution >= 0.6 is 0 Å². The second-order valence-electron chi connectivity index (χ2n) is 9.06. The van der Waals surface area contributed by atoms with Crippen molar-refractivity contribution in [2.24, 2.45) is 12.8 Å². The zero-order chi connectivity index (χ0) is 25.9. The van der Waals surface area contributed by atoms with Crippen molar-refractivity contribution in [2.45, 2.75) is 49.5 Å². The second kappa shape index (κ2) is 10.5. The minimum atomic E-state index is -4.06. The van der Waals surface area contributed by atoms with E-state index in [-0.39, 0.29) is 22.6 Å². The molecule has 1 saturated carbocycles. The molecule has 1 aromatic heterocycles. The van der Waals surface area contributed by atoms with Gasteiger partial charge in [0.2, 0.25) is 0 Å². The van der Waals surface area contributed by atoms with Crippen LogP contribution in [-0.2, 0) is 23.5 Å². The summed E-state index contributed by atoms with van der Waals surface area (Å²) in [5, 5.41) is 3.55. The zero-order valence-electron chi connectivity index (χ0n) is 20.1. The molecule has 190 valence electrons. The summed E-state index contributed by atoms with van der Waals surface area (Å²) in [4.78, 5) is 37.3. The number of aryl methyl sites for hydroxylation is 1. The maximum atomic E-state index is 13.1. The number of benzene rings is 2. The number of pyridine rings is 1. The van der Waals surface area contributed by atoms with E-state index in [0.29, 0.717) is 19.3 Å². The summed E-state index contributed by atoms with van der Waals surface area (Å²) in [6.07, 6.45) is 4.40. The fraction of sp³-hybridized carbons (Fsp3) is 0.346. The molecule has 3 N–H and O–H groups in total. The van der Waals surface area contributed by atoms with Crippen LogP contribution in [0.2, 0.25) is 0 Å². The van der Waals surface area contributed by atoms with Crippen LogP contribution in [0.4, 0.5) is 4.79 Å². The van der Waals surface area contributed by atoms with Gasteiger partial charge in [-0.15, -0.1) is 0 Å². The Kier molecular flexibility index (Phi) is 7.44. The second-order valence-corrected chi connectivity index (χ2v) is 10.9. The fourth-order valence-corrected chi connectivity index (χ4v) is 6.30. The van der Waals surface area contributed by atoms with Gasteiger partial charge in [-0.05, 0) is 54.5 Å². The quantitative estimate of drug-likeness (QED) is 0.505. The van der Waals surface area contributed by atoms with Gasteiger partial charge in [0.15, 0.2) is 0 Å². The van der Waals surface area contributed by atoms with Gasteiger partial charge in [-0.3, -0.25) is 9.59 Å². The minimum absolute atomic E-state index is 0.000630. The number of hydrogen-bond acceptors (Lipinski definition) is 5. The number of primary amides is 1. The molecule has 0 radical (unpaired) electrons. The molecule has 0 bridgehead atoms. The monoisotopic (exact) mass is 510 g/mol. The van der Waals surface area contributed by atoms with Crippen molar-refractivity contribution in [1.82, 2.24) is 14.2 Å². The van der Waals surface area contributed by atoms with E-state index in [2.05, 4.69) is 5.32 Å². The van der Waals surface area contributed by atoms with Gasteiger partial charge in [0.25, 0.3) is 21.5 Å². The highest BCUT2D eigenvalue weighted by atomic mass is 32.2. The van der Waals surface area contributed by atoms with Crippen molar-refractivity contribution in [1.29, 1.82) is 0 Å². The first-order valence-corrected chi connectivity index (χ1v) is 13.4. The van der Waals surface area contributed by atoms with E-state index >= 15 is 0 Å². The number of nitrogens with one attached hydrogen (secondary N) is 1. The van der Waals surface area contributed by atoms with Crippen LogP contribution in [-0.4, -0.2) is 41.8 Å². The number of aromatic nitrogens is 1. The Morgan fingerprint density at radius 3 is 2.39 bits per heavy atom. The lowest BCUT2D eigenvalue weighted by molar-refractivity contribution is 0.0952. The van der Waals surface area contributed by atoms with E-state index in [1.807, 2.05) is 24.3 Å². The number of sulfonamides is 1. The number of urea groups is 1. The molecule has 1 heterocycles. The number of fused-ring (bicyclic) bond motifs is 1. The molecule has 10 heteroatoms. The van der Waals surface area contributed by atoms with Crippen LogP contribution in [0.1, 0.15) is 48.0 Å². The molecule has 0 aliphatic heterocycles. The molecule has 36 heavy (non-hydrogen) atoms. The Balaban J connectivity index is 1.42. The third-order valence-corrected chi connectivity index (χ3v) is 8.54. The Morgan fingerprint density at radius 2 is 1.72 bits per heavy atom. The molecule has 1 aliphatic rings. The summed E-state index contributed by atoms with van der Waals surface area (Å²) >= 11 is 0. The summed E-state index contributed by atoms with van der Waals surface area (Å²) in [6.45, 7) is 0.260. The largest absolute Gasteiger partial charge is 0.352 e. The van der Waals surface area contributed by atoms with Crippen LogP contribution in [0.5, 0.6) is 0 Å². The smallest absolute Gasteiger partial charge is 0.328 e. The molecular weight excluding hydrogens is 480 g/mol. The average Bonchev–Trinajstić information content (AvgIpc) is 2.87. The number of carbonyl (C=O) groups excluding carboxylic acids is 2. The minimum Gasteiger partial charge on any atom is -0.352 e. The van der Waals surface area contributed by atoms with Gasteiger partial charge in [0.1, 0.15) is 5.56 Å². The molecular formula is C26H30N4O5S. The molecule has 1 fully saturated rings. The number of para-hydroxylation sites is 1. The molecule has 4 rings (SSSR count). The summed E-state index contributed by atoms with van der Waals surface area (Å²) in [7, 11) is -2.43. The first-order chi connectivity index (χ1) is 17.2. The normalized spacial score (nSPS) is 14.5. The van der Waals surface area contributed by atoms with Crippen molar-refractivity contribution in [3.05, 3.63) is 76.1 Å². The third kappa shape index (κ3) is 5.13. The molecule has 9 nitrogen and oxygen atoms in total. The SMILES string of the molecule is Cn1c(=O)c(C(=O)NCCc2ccc(S(=O)(=O)N(C(N)=O)C3CCCCC3)cc2)cc2ccccc21. The average molecular weight is 511 g/mol. The highest BCUT2D eigenvalue weighted by Gasteiger charge is 2.35. The lowest BCUT2D eigenvalue weighted by atomic mass is 9.96. The highest BCUT2D eigenvalue weighted by Crippen LogP contribution is 2.28. The molecule has 0 atom stereocenters. The lowest BCUT2D eigenvalue weighted by Crippen LogP contribution is -2.48. The summed E-state index contributed by atoms with van der Waals surface area (Å²) in [5.74, 6) is -0.467. The Morgan fingerprint density at radius 1 is 1.06 bits per heavy atom. The molecule has 3 amide bonds. The Bertz CT molecular complexity index is 1440. The van der Waals surface area contributed by atoms with Gasteiger partial charge in [-0.25, -0.2) is 17.5 Å². The van der Waals surface area contributed by atoms with Crippen LogP contribution in [0.15, 0.2) is 64.3 Å². The number of amides is 3. The van der Waals surface area contributed by atoms with Crippen molar-refractivity contribution >= 4 is 32.9 Å². The third-order valence-electron chi connectivity index (χ3n) is 6.68. The van der Waals surface area contributed by atoms with E-state index in [4.69, 9.17) is 5.73 Å². The molecule has 0 saturated heterocycles. The van der Waals surface area contributed by atoms with Crippen LogP contribution in [0.3, 0.4) is 0 Å². The van der Waals surface area contributed by atoms with E-state index < -0.39 is 28.0 Å². The van der Waals surface area contributed by atoms with Crippen LogP contribution in [0.25, 0.3) is 10.9 Å². The molecule has 1 aliphatic carbocycles. The van der Waals surface area contributed by atoms with Crippen molar-refractivity contribution < 1.29 is 18.0 Å². The highest BCUT2D eigenvalue weighted by molar-refractivity contribution is 7.89. The van der Waals surface area contributed by atoms with E-state index in [1.165, 1.54) is 16.7 Å². The van der Waals surface area contributed by atoms with Gasteiger partial charge >= 0.3 is 6.03 Å². The predicted molar refractivity (Wildman–Crippen MR) is 137 cm³/mol. The maximum Gasteiger partial charge on any atom is 0.328 e. The standard InChI is InChI=1S/C26H30N4O5S/c1-29-23-10-6-5-7-19(23)17-22(25(29)32)24(31)28-16-15-18-11-13-21(14-12-18)36(34,35)30(26(27)33)20-8-3-2-4-9-20/h5-7,10-14,17,20H,2-4,8-9,15-16H2,1H3,(H2,27,33)(H,28,31). The maximum absolute atomic E-state index is 13.1. The zero-order valence-corrected chi connectivity index (χ0v) is 21.0. The van der Waals surface area contributed by atoms with Gasteiger partial charge in [-0.1, -0.05) is 49.6 Å². The van der Waals surface area contributed by atoms with E-state index in [1.54, 1.807) is 25.2 Å². The number of nitrogens with two attached hydrogens (primary N) is 1. The summed E-state index contributed by atoms with van der Waals surface area (Å²) in [5.41, 5.74) is 6.68. The first kappa shape index (κ1) is 25.4. The van der Waals surface area contributed by atoms with Gasteiger partial charge in [0.05, 0.1) is 16.5 Å².